The van der Waals surface area contributed by atoms with Crippen molar-refractivity contribution in [2.75, 3.05) is 6.54 Å². The van der Waals surface area contributed by atoms with Crippen LogP contribution >= 0.6 is 22.9 Å². The zero-order valence-corrected chi connectivity index (χ0v) is 13.7. The Balaban J connectivity index is 1.83. The Morgan fingerprint density at radius 2 is 1.95 bits per heavy atom. The number of thiophene rings is 1. The minimum atomic E-state index is -0.0187. The van der Waals surface area contributed by atoms with E-state index in [4.69, 9.17) is 11.6 Å². The van der Waals surface area contributed by atoms with Crippen molar-refractivity contribution in [1.82, 2.24) is 10.6 Å². The molecule has 0 saturated carbocycles. The number of carbonyl (C=O) groups is 1. The number of amides is 1. The smallest absolute Gasteiger partial charge is 0.234 e. The van der Waals surface area contributed by atoms with Gasteiger partial charge in [-0.1, -0.05) is 35.9 Å². The summed E-state index contributed by atoms with van der Waals surface area (Å²) in [5.74, 6) is -0.0187. The van der Waals surface area contributed by atoms with Crippen molar-refractivity contribution in [3.63, 3.8) is 0 Å². The number of nitrogens with one attached hydrogen (secondary N) is 2. The van der Waals surface area contributed by atoms with Crippen molar-refractivity contribution >= 4 is 28.8 Å². The van der Waals surface area contributed by atoms with Gasteiger partial charge in [0.1, 0.15) is 0 Å². The quantitative estimate of drug-likeness (QED) is 0.846. The van der Waals surface area contributed by atoms with Crippen LogP contribution < -0.4 is 10.6 Å². The third-order valence-corrected chi connectivity index (χ3v) is 4.69. The molecule has 0 aliphatic carbocycles. The van der Waals surface area contributed by atoms with E-state index in [0.29, 0.717) is 5.02 Å². The van der Waals surface area contributed by atoms with E-state index < -0.39 is 0 Å². The molecule has 2 aromatic rings. The van der Waals surface area contributed by atoms with E-state index in [9.17, 15) is 4.79 Å². The van der Waals surface area contributed by atoms with Gasteiger partial charge >= 0.3 is 0 Å². The lowest BCUT2D eigenvalue weighted by Crippen LogP contribution is -2.36. The summed E-state index contributed by atoms with van der Waals surface area (Å²) >= 11 is 7.79. The first kappa shape index (κ1) is 16.0. The molecule has 0 bridgehead atoms. The number of rotatable bonds is 6. The van der Waals surface area contributed by atoms with Gasteiger partial charge in [0, 0.05) is 15.9 Å². The third kappa shape index (κ3) is 4.56. The summed E-state index contributed by atoms with van der Waals surface area (Å²) in [4.78, 5) is 13.1. The molecular weight excluding hydrogens is 304 g/mol. The van der Waals surface area contributed by atoms with Crippen LogP contribution in [-0.4, -0.2) is 12.5 Å². The average Bonchev–Trinajstić information content (AvgIpc) is 2.99. The second kappa shape index (κ2) is 7.59. The summed E-state index contributed by atoms with van der Waals surface area (Å²) in [6, 6.07) is 11.7. The molecule has 3 nitrogen and oxygen atoms in total. The molecule has 1 aromatic carbocycles. The van der Waals surface area contributed by atoms with Gasteiger partial charge in [0.15, 0.2) is 0 Å². The van der Waals surface area contributed by atoms with Crippen LogP contribution in [0.3, 0.4) is 0 Å². The number of halogens is 1. The largest absolute Gasteiger partial charge is 0.348 e. The van der Waals surface area contributed by atoms with E-state index in [1.165, 1.54) is 0 Å². The van der Waals surface area contributed by atoms with E-state index in [0.717, 1.165) is 10.4 Å². The Morgan fingerprint density at radius 1 is 1.19 bits per heavy atom. The van der Waals surface area contributed by atoms with Crippen LogP contribution in [0.25, 0.3) is 0 Å². The van der Waals surface area contributed by atoms with E-state index in [-0.39, 0.29) is 24.5 Å². The predicted molar refractivity (Wildman–Crippen MR) is 88.7 cm³/mol. The van der Waals surface area contributed by atoms with Crippen LogP contribution in [0.2, 0.25) is 5.02 Å². The molecule has 0 unspecified atom stereocenters. The molecule has 0 spiro atoms. The Bertz CT molecular complexity index is 586. The van der Waals surface area contributed by atoms with Gasteiger partial charge in [-0.3, -0.25) is 4.79 Å². The first-order chi connectivity index (χ1) is 10.1. The third-order valence-electron chi connectivity index (χ3n) is 3.29. The predicted octanol–water partition coefficient (Wildman–Crippen LogP) is 3.93. The normalized spacial score (nSPS) is 13.7. The summed E-state index contributed by atoms with van der Waals surface area (Å²) < 4.78 is 0. The van der Waals surface area contributed by atoms with Gasteiger partial charge < -0.3 is 10.6 Å². The average molecular weight is 323 g/mol. The van der Waals surface area contributed by atoms with E-state index in [1.807, 2.05) is 55.6 Å². The summed E-state index contributed by atoms with van der Waals surface area (Å²) in [7, 11) is 0. The van der Waals surface area contributed by atoms with Crippen LogP contribution in [-0.2, 0) is 4.79 Å². The standard InChI is InChI=1S/C16H19ClN2OS/c1-11(13-6-3-4-7-14(13)17)18-10-16(20)19-12(2)15-8-5-9-21-15/h3-9,11-12,18H,10H2,1-2H3,(H,19,20)/t11-,12+/m1/s1. The second-order valence-corrected chi connectivity index (χ2v) is 6.32. The molecule has 0 aliphatic rings. The molecule has 1 heterocycles. The minimum Gasteiger partial charge on any atom is -0.348 e. The second-order valence-electron chi connectivity index (χ2n) is 4.93. The van der Waals surface area contributed by atoms with Crippen LogP contribution in [0.5, 0.6) is 0 Å². The fourth-order valence-electron chi connectivity index (χ4n) is 2.08. The van der Waals surface area contributed by atoms with Gasteiger partial charge in [0.2, 0.25) is 5.91 Å². The highest BCUT2D eigenvalue weighted by Gasteiger charge is 2.13. The molecule has 0 fully saturated rings. The van der Waals surface area contributed by atoms with Crippen LogP contribution in [0.15, 0.2) is 41.8 Å². The van der Waals surface area contributed by atoms with Gasteiger partial charge in [-0.05, 0) is 36.9 Å². The van der Waals surface area contributed by atoms with Gasteiger partial charge in [-0.2, -0.15) is 0 Å². The lowest BCUT2D eigenvalue weighted by molar-refractivity contribution is -0.121. The van der Waals surface area contributed by atoms with Gasteiger partial charge in [0.25, 0.3) is 0 Å². The Hall–Kier alpha value is -1.36. The molecule has 21 heavy (non-hydrogen) atoms. The van der Waals surface area contributed by atoms with E-state index in [1.54, 1.807) is 11.3 Å². The molecule has 1 amide bonds. The maximum absolute atomic E-state index is 12.0. The van der Waals surface area contributed by atoms with Crippen molar-refractivity contribution < 1.29 is 4.79 Å². The van der Waals surface area contributed by atoms with Crippen molar-refractivity contribution in [2.24, 2.45) is 0 Å². The zero-order valence-electron chi connectivity index (χ0n) is 12.1. The SMILES string of the molecule is C[C@H](NC(=O)CN[C@H](C)c1ccccc1Cl)c1cccs1. The molecule has 0 aliphatic heterocycles. The topological polar surface area (TPSA) is 41.1 Å². The van der Waals surface area contributed by atoms with Crippen LogP contribution in [0.4, 0.5) is 0 Å². The summed E-state index contributed by atoms with van der Waals surface area (Å²) in [5.41, 5.74) is 0.998. The molecule has 5 heteroatoms. The Labute approximate surface area is 134 Å². The highest BCUT2D eigenvalue weighted by atomic mass is 35.5. The summed E-state index contributed by atoms with van der Waals surface area (Å²) in [6.07, 6.45) is 0. The molecular formula is C16H19ClN2OS. The fraction of sp³-hybridized carbons (Fsp3) is 0.312. The highest BCUT2D eigenvalue weighted by Crippen LogP contribution is 2.22. The molecule has 2 atom stereocenters. The van der Waals surface area contributed by atoms with Crippen LogP contribution in [0, 0.1) is 0 Å². The molecule has 2 rings (SSSR count). The first-order valence-corrected chi connectivity index (χ1v) is 8.14. The number of carbonyl (C=O) groups excluding carboxylic acids is 1. The number of hydrogen-bond donors (Lipinski definition) is 2. The lowest BCUT2D eigenvalue weighted by atomic mass is 10.1. The van der Waals surface area contributed by atoms with Gasteiger partial charge in [-0.25, -0.2) is 0 Å². The van der Waals surface area contributed by atoms with Crippen molar-refractivity contribution in [2.45, 2.75) is 25.9 Å². The van der Waals surface area contributed by atoms with Gasteiger partial charge in [0.05, 0.1) is 12.6 Å². The first-order valence-electron chi connectivity index (χ1n) is 6.88. The molecule has 112 valence electrons. The monoisotopic (exact) mass is 322 g/mol. The Morgan fingerprint density at radius 3 is 2.62 bits per heavy atom. The zero-order chi connectivity index (χ0) is 15.2. The molecule has 2 N–H and O–H groups in total. The maximum Gasteiger partial charge on any atom is 0.234 e. The van der Waals surface area contributed by atoms with Crippen LogP contribution in [0.1, 0.15) is 36.4 Å². The van der Waals surface area contributed by atoms with E-state index in [2.05, 4.69) is 10.6 Å². The summed E-state index contributed by atoms with van der Waals surface area (Å²) in [6.45, 7) is 4.25. The van der Waals surface area contributed by atoms with E-state index >= 15 is 0 Å². The maximum atomic E-state index is 12.0. The minimum absolute atomic E-state index is 0.0187. The molecule has 0 saturated heterocycles. The fourth-order valence-corrected chi connectivity index (χ4v) is 3.12. The molecule has 1 aromatic heterocycles. The number of benzene rings is 1. The molecule has 0 radical (unpaired) electrons. The highest BCUT2D eigenvalue weighted by molar-refractivity contribution is 7.10. The lowest BCUT2D eigenvalue weighted by Gasteiger charge is -2.17. The number of hydrogen-bond acceptors (Lipinski definition) is 3. The Kier molecular flexibility index (Phi) is 5.79. The van der Waals surface area contributed by atoms with Gasteiger partial charge in [-0.15, -0.1) is 11.3 Å². The van der Waals surface area contributed by atoms with Crippen molar-refractivity contribution in [1.29, 1.82) is 0 Å². The van der Waals surface area contributed by atoms with Crippen molar-refractivity contribution in [3.05, 3.63) is 57.2 Å². The van der Waals surface area contributed by atoms with Crippen molar-refractivity contribution in [3.8, 4) is 0 Å². The summed E-state index contributed by atoms with van der Waals surface area (Å²) in [5, 5.41) is 8.90.